The second kappa shape index (κ2) is 6.61. The summed E-state index contributed by atoms with van der Waals surface area (Å²) in [5.74, 6) is -0.0584. The normalized spacial score (nSPS) is 18.4. The van der Waals surface area contributed by atoms with Crippen molar-refractivity contribution in [3.05, 3.63) is 48.0 Å². The molecule has 1 saturated heterocycles. The fourth-order valence-electron chi connectivity index (χ4n) is 3.57. The first-order valence-electron chi connectivity index (χ1n) is 8.76. The minimum atomic E-state index is -0.610. The number of carbonyl (C=O) groups is 2. The van der Waals surface area contributed by atoms with Gasteiger partial charge in [0, 0.05) is 18.7 Å². The Labute approximate surface area is 155 Å². The molecule has 2 amide bonds. The van der Waals surface area contributed by atoms with Gasteiger partial charge >= 0.3 is 0 Å². The Kier molecular flexibility index (Phi) is 4.25. The van der Waals surface area contributed by atoms with Crippen LogP contribution < -0.4 is 9.64 Å². The number of para-hydroxylation sites is 1. The smallest absolute Gasteiger partial charge is 0.249 e. The van der Waals surface area contributed by atoms with Crippen LogP contribution in [-0.2, 0) is 15.0 Å². The van der Waals surface area contributed by atoms with Crippen molar-refractivity contribution >= 4 is 17.8 Å². The highest BCUT2D eigenvalue weighted by Gasteiger charge is 2.55. The summed E-state index contributed by atoms with van der Waals surface area (Å²) in [4.78, 5) is 36.4. The van der Waals surface area contributed by atoms with E-state index in [0.29, 0.717) is 12.3 Å². The highest BCUT2D eigenvalue weighted by Crippen LogP contribution is 2.52. The number of piperazine rings is 1. The predicted octanol–water partition coefficient (Wildman–Crippen LogP) is 1.53. The van der Waals surface area contributed by atoms with E-state index in [0.717, 1.165) is 30.8 Å². The number of aromatic nitrogens is 2. The van der Waals surface area contributed by atoms with Crippen LogP contribution in [0.25, 0.3) is 0 Å². The van der Waals surface area contributed by atoms with Crippen LogP contribution in [0.15, 0.2) is 36.7 Å². The summed E-state index contributed by atoms with van der Waals surface area (Å²) in [5.41, 5.74) is 0.260. The third-order valence-electron chi connectivity index (χ3n) is 5.14. The molecule has 1 aromatic heterocycles. The first-order valence-corrected chi connectivity index (χ1v) is 8.76. The molecule has 4 rings (SSSR count). The molecule has 0 N–H and O–H groups in total. The van der Waals surface area contributed by atoms with Crippen LogP contribution in [0, 0.1) is 5.82 Å². The van der Waals surface area contributed by atoms with Gasteiger partial charge in [-0.15, -0.1) is 0 Å². The molecule has 1 aliphatic heterocycles. The molecular formula is C19H19FN4O3. The molecule has 140 valence electrons. The van der Waals surface area contributed by atoms with Gasteiger partial charge < -0.3 is 9.64 Å². The van der Waals surface area contributed by atoms with E-state index in [1.54, 1.807) is 12.0 Å². The number of carbonyl (C=O) groups excluding carboxylic acids is 2. The van der Waals surface area contributed by atoms with Crippen molar-refractivity contribution in [1.82, 2.24) is 14.9 Å². The number of benzene rings is 1. The summed E-state index contributed by atoms with van der Waals surface area (Å²) < 4.78 is 18.4. The van der Waals surface area contributed by atoms with E-state index in [-0.39, 0.29) is 30.9 Å². The lowest BCUT2D eigenvalue weighted by molar-refractivity contribution is -0.139. The van der Waals surface area contributed by atoms with Crippen LogP contribution in [-0.4, -0.2) is 53.4 Å². The molecule has 2 aliphatic rings. The lowest BCUT2D eigenvalue weighted by Gasteiger charge is -2.35. The summed E-state index contributed by atoms with van der Waals surface area (Å²) in [5, 5.41) is 0. The second-order valence-corrected chi connectivity index (χ2v) is 6.76. The number of ether oxygens (including phenoxy) is 1. The van der Waals surface area contributed by atoms with Crippen LogP contribution in [0.5, 0.6) is 5.75 Å². The third-order valence-corrected chi connectivity index (χ3v) is 5.14. The summed E-state index contributed by atoms with van der Waals surface area (Å²) in [6.07, 6.45) is 3.52. The molecule has 1 saturated carbocycles. The number of hydrogen-bond acceptors (Lipinski definition) is 5. The number of hydrogen-bond donors (Lipinski definition) is 0. The average molecular weight is 370 g/mol. The Morgan fingerprint density at radius 3 is 2.52 bits per heavy atom. The fraction of sp³-hybridized carbons (Fsp3) is 0.368. The maximum Gasteiger partial charge on any atom is 0.249 e. The monoisotopic (exact) mass is 370 g/mol. The number of methoxy groups -OCH3 is 1. The number of amides is 2. The lowest BCUT2D eigenvalue weighted by atomic mass is 9.93. The Morgan fingerprint density at radius 1 is 1.19 bits per heavy atom. The molecule has 0 spiro atoms. The van der Waals surface area contributed by atoms with E-state index in [4.69, 9.17) is 4.74 Å². The van der Waals surface area contributed by atoms with E-state index >= 15 is 0 Å². The predicted molar refractivity (Wildman–Crippen MR) is 94.8 cm³/mol. The van der Waals surface area contributed by atoms with E-state index in [1.165, 1.54) is 4.90 Å². The van der Waals surface area contributed by atoms with Crippen molar-refractivity contribution in [2.45, 2.75) is 18.3 Å². The van der Waals surface area contributed by atoms with Gasteiger partial charge in [-0.2, -0.15) is 0 Å². The van der Waals surface area contributed by atoms with Crippen molar-refractivity contribution in [3.8, 4) is 5.75 Å². The zero-order valence-electron chi connectivity index (χ0n) is 14.9. The Balaban J connectivity index is 1.51. The van der Waals surface area contributed by atoms with Gasteiger partial charge in [0.2, 0.25) is 17.8 Å². The average Bonchev–Trinajstić information content (AvgIpc) is 3.50. The highest BCUT2D eigenvalue weighted by atomic mass is 19.1. The van der Waals surface area contributed by atoms with Crippen LogP contribution in [0.2, 0.25) is 0 Å². The molecular weight excluding hydrogens is 351 g/mol. The van der Waals surface area contributed by atoms with Crippen molar-refractivity contribution in [2.75, 3.05) is 31.6 Å². The topological polar surface area (TPSA) is 75.6 Å². The molecule has 7 nitrogen and oxygen atoms in total. The van der Waals surface area contributed by atoms with Crippen LogP contribution in [0.3, 0.4) is 0 Å². The molecule has 1 aromatic carbocycles. The van der Waals surface area contributed by atoms with Gasteiger partial charge in [-0.05, 0) is 18.9 Å². The minimum absolute atomic E-state index is 0.0452. The zero-order valence-corrected chi connectivity index (χ0v) is 14.9. The Morgan fingerprint density at radius 2 is 1.89 bits per heavy atom. The largest absolute Gasteiger partial charge is 0.496 e. The molecule has 8 heteroatoms. The molecule has 27 heavy (non-hydrogen) atoms. The van der Waals surface area contributed by atoms with Gasteiger partial charge in [-0.25, -0.2) is 14.4 Å². The maximum atomic E-state index is 13.2. The van der Waals surface area contributed by atoms with Crippen molar-refractivity contribution in [2.24, 2.45) is 0 Å². The number of nitrogens with zero attached hydrogens (tertiary/aromatic N) is 4. The molecule has 0 radical (unpaired) electrons. The number of anilines is 1. The van der Waals surface area contributed by atoms with Crippen molar-refractivity contribution < 1.29 is 18.7 Å². The number of halogens is 1. The van der Waals surface area contributed by atoms with E-state index in [2.05, 4.69) is 9.97 Å². The Bertz CT molecular complexity index is 883. The summed E-state index contributed by atoms with van der Waals surface area (Å²) in [7, 11) is 1.59. The zero-order chi connectivity index (χ0) is 19.0. The third kappa shape index (κ3) is 3.01. The molecule has 0 unspecified atom stereocenters. The quantitative estimate of drug-likeness (QED) is 0.816. The summed E-state index contributed by atoms with van der Waals surface area (Å²) >= 11 is 0. The summed E-state index contributed by atoms with van der Waals surface area (Å²) in [6, 6.07) is 7.51. The van der Waals surface area contributed by atoms with Gasteiger partial charge in [0.15, 0.2) is 5.82 Å². The van der Waals surface area contributed by atoms with Gasteiger partial charge in [-0.1, -0.05) is 18.2 Å². The van der Waals surface area contributed by atoms with E-state index < -0.39 is 11.2 Å². The van der Waals surface area contributed by atoms with Crippen molar-refractivity contribution in [1.29, 1.82) is 0 Å². The molecule has 0 atom stereocenters. The van der Waals surface area contributed by atoms with E-state index in [1.807, 2.05) is 24.3 Å². The molecule has 2 aromatic rings. The van der Waals surface area contributed by atoms with Gasteiger partial charge in [0.25, 0.3) is 0 Å². The van der Waals surface area contributed by atoms with Crippen LogP contribution in [0.1, 0.15) is 18.4 Å². The summed E-state index contributed by atoms with van der Waals surface area (Å²) in [6.45, 7) is 0.608. The van der Waals surface area contributed by atoms with E-state index in [9.17, 15) is 14.0 Å². The minimum Gasteiger partial charge on any atom is -0.496 e. The first kappa shape index (κ1) is 17.4. The molecule has 1 aliphatic carbocycles. The Hall–Kier alpha value is -3.03. The number of rotatable bonds is 4. The van der Waals surface area contributed by atoms with Crippen molar-refractivity contribution in [3.63, 3.8) is 0 Å². The van der Waals surface area contributed by atoms with Gasteiger partial charge in [-0.3, -0.25) is 14.5 Å². The lowest BCUT2D eigenvalue weighted by Crippen LogP contribution is -2.55. The fourth-order valence-corrected chi connectivity index (χ4v) is 3.57. The van der Waals surface area contributed by atoms with Gasteiger partial charge in [0.05, 0.1) is 24.9 Å². The SMILES string of the molecule is COc1ccccc1C1(C(=O)N2CCN(c3ncc(F)cn3)C(=O)C2)CC1. The van der Waals surface area contributed by atoms with Crippen LogP contribution in [0.4, 0.5) is 10.3 Å². The van der Waals surface area contributed by atoms with Gasteiger partial charge in [0.1, 0.15) is 12.3 Å². The standard InChI is InChI=1S/C19H19FN4O3/c1-27-15-5-3-2-4-14(15)19(6-7-19)17(26)23-8-9-24(16(25)12-23)18-21-10-13(20)11-22-18/h2-5,10-11H,6-9,12H2,1H3. The highest BCUT2D eigenvalue weighted by molar-refractivity contribution is 5.99. The molecule has 2 heterocycles. The first-order chi connectivity index (χ1) is 13.0. The molecule has 0 bridgehead atoms. The molecule has 2 fully saturated rings. The second-order valence-electron chi connectivity index (χ2n) is 6.76. The van der Waals surface area contributed by atoms with Crippen LogP contribution >= 0.6 is 0 Å². The maximum absolute atomic E-state index is 13.2.